The molecule has 0 spiro atoms. The average molecular weight is 613 g/mol. The Morgan fingerprint density at radius 3 is 1.89 bits per heavy atom. The molecule has 0 radical (unpaired) electrons. The van der Waals surface area contributed by atoms with Crippen molar-refractivity contribution in [2.45, 2.75) is 13.3 Å². The second kappa shape index (κ2) is 12.3. The number of hydrazine groups is 1. The summed E-state index contributed by atoms with van der Waals surface area (Å²) in [6.45, 7) is 1.07. The molecule has 3 aromatic carbocycles. The number of nitro groups is 2. The monoisotopic (exact) mass is 612 g/mol. The predicted molar refractivity (Wildman–Crippen MR) is 155 cm³/mol. The Balaban J connectivity index is 1.37. The van der Waals surface area contributed by atoms with E-state index in [1.54, 1.807) is 13.0 Å². The van der Waals surface area contributed by atoms with Crippen LogP contribution < -0.4 is 4.74 Å². The number of imide groups is 1. The molecule has 14 nitrogen and oxygen atoms in total. The van der Waals surface area contributed by atoms with E-state index in [4.69, 9.17) is 4.74 Å². The third-order valence-electron chi connectivity index (χ3n) is 7.64. The van der Waals surface area contributed by atoms with E-state index in [0.717, 1.165) is 29.3 Å². The summed E-state index contributed by atoms with van der Waals surface area (Å²) in [7, 11) is 0. The van der Waals surface area contributed by atoms with Crippen LogP contribution in [-0.4, -0.2) is 55.9 Å². The lowest BCUT2D eigenvalue weighted by Crippen LogP contribution is -2.52. The Labute approximate surface area is 254 Å². The van der Waals surface area contributed by atoms with Crippen LogP contribution in [0, 0.1) is 38.0 Å². The molecule has 0 unspecified atom stereocenters. The average Bonchev–Trinajstić information content (AvgIpc) is 3.29. The lowest BCUT2D eigenvalue weighted by atomic mass is 9.78. The number of ether oxygens (including phenoxy) is 1. The molecule has 14 heteroatoms. The van der Waals surface area contributed by atoms with Crippen LogP contribution in [0.3, 0.4) is 0 Å². The number of nitro benzene ring substituents is 2. The van der Waals surface area contributed by atoms with Crippen LogP contribution in [0.2, 0.25) is 0 Å². The molecule has 3 atom stereocenters. The minimum absolute atomic E-state index is 0.0594. The van der Waals surface area contributed by atoms with Crippen LogP contribution in [0.5, 0.6) is 5.75 Å². The zero-order valence-corrected chi connectivity index (χ0v) is 23.6. The van der Waals surface area contributed by atoms with Crippen LogP contribution >= 0.6 is 0 Å². The molecule has 5 rings (SSSR count). The molecule has 0 aromatic heterocycles. The second-order valence-corrected chi connectivity index (χ2v) is 10.5. The second-order valence-electron chi connectivity index (χ2n) is 10.5. The number of fused-ring (bicyclic) bond motifs is 1. The van der Waals surface area contributed by atoms with Gasteiger partial charge >= 0.3 is 5.97 Å². The quantitative estimate of drug-likeness (QED) is 0.0646. The molecule has 1 aliphatic carbocycles. The van der Waals surface area contributed by atoms with Crippen molar-refractivity contribution < 1.29 is 38.6 Å². The van der Waals surface area contributed by atoms with Crippen LogP contribution in [0.4, 0.5) is 11.4 Å². The zero-order valence-electron chi connectivity index (χ0n) is 23.6. The Bertz CT molecular complexity index is 1750. The minimum atomic E-state index is -0.882. The predicted octanol–water partition coefficient (Wildman–Crippen LogP) is 4.16. The van der Waals surface area contributed by atoms with Crippen molar-refractivity contribution in [3.8, 4) is 5.75 Å². The van der Waals surface area contributed by atoms with Crippen LogP contribution in [-0.2, 0) is 9.59 Å². The Kier molecular flexibility index (Phi) is 8.30. The van der Waals surface area contributed by atoms with Gasteiger partial charge in [-0.25, -0.2) is 9.80 Å². The number of benzene rings is 3. The van der Waals surface area contributed by atoms with Gasteiger partial charge in [-0.15, -0.1) is 0 Å². The summed E-state index contributed by atoms with van der Waals surface area (Å²) in [5.74, 6) is -5.22. The maximum absolute atomic E-state index is 13.7. The Morgan fingerprint density at radius 2 is 1.36 bits per heavy atom. The van der Waals surface area contributed by atoms with Crippen molar-refractivity contribution in [1.82, 2.24) is 10.0 Å². The van der Waals surface area contributed by atoms with Crippen LogP contribution in [0.25, 0.3) is 0 Å². The summed E-state index contributed by atoms with van der Waals surface area (Å²) in [6, 6.07) is 14.7. The molecule has 228 valence electrons. The molecule has 1 saturated heterocycles. The Hall–Kier alpha value is -6.05. The first-order valence-electron chi connectivity index (χ1n) is 13.7. The molecular weight excluding hydrogens is 588 g/mol. The molecule has 0 saturated carbocycles. The number of carbonyl (C=O) groups is 5. The number of carbonyl (C=O) groups excluding carboxylic acids is 5. The maximum atomic E-state index is 13.7. The summed E-state index contributed by atoms with van der Waals surface area (Å²) in [5.41, 5.74) is -0.423. The van der Waals surface area contributed by atoms with Gasteiger partial charge in [-0.2, -0.15) is 5.01 Å². The number of hydrogen-bond acceptors (Lipinski definition) is 10. The smallest absolute Gasteiger partial charge is 0.343 e. The van der Waals surface area contributed by atoms with Crippen molar-refractivity contribution in [2.24, 2.45) is 17.8 Å². The lowest BCUT2D eigenvalue weighted by Gasteiger charge is -2.30. The fourth-order valence-corrected chi connectivity index (χ4v) is 5.30. The number of esters is 1. The van der Waals surface area contributed by atoms with Crippen molar-refractivity contribution in [1.29, 1.82) is 0 Å². The van der Waals surface area contributed by atoms with Crippen LogP contribution in [0.15, 0.2) is 84.9 Å². The van der Waals surface area contributed by atoms with Gasteiger partial charge in [0.05, 0.1) is 27.2 Å². The van der Waals surface area contributed by atoms with Gasteiger partial charge in [0, 0.05) is 35.4 Å². The maximum Gasteiger partial charge on any atom is 0.343 e. The number of allylic oxidation sites excluding steroid dienone is 2. The highest BCUT2D eigenvalue weighted by molar-refractivity contribution is 6.10. The number of amides is 3. The zero-order chi connectivity index (χ0) is 32.4. The van der Waals surface area contributed by atoms with Gasteiger partial charge in [0.2, 0.25) is 0 Å². The summed E-state index contributed by atoms with van der Waals surface area (Å²) in [5, 5.41) is 23.4. The highest BCUT2D eigenvalue weighted by Crippen LogP contribution is 2.39. The minimum Gasteiger partial charge on any atom is -0.423 e. The number of rotatable bonds is 9. The van der Waals surface area contributed by atoms with E-state index in [0.29, 0.717) is 11.4 Å². The van der Waals surface area contributed by atoms with E-state index in [-0.39, 0.29) is 39.7 Å². The van der Waals surface area contributed by atoms with Gasteiger partial charge in [0.1, 0.15) is 12.3 Å². The van der Waals surface area contributed by atoms with E-state index in [9.17, 15) is 44.2 Å². The standard InChI is InChI=1S/C31H24N4O10/c1-18-3-2-4-25-27(18)30(39)33(29(25)38)32(28(37)20-5-11-22(12-6-20)34(41)42)17-26(36)19-9-15-24(16-10-19)45-31(40)21-7-13-23(14-8-21)35(43)44/h2-3,5-16,18,25,27H,4,17H2,1H3/t18-,25+,27+/m1/s1. The van der Waals surface area contributed by atoms with Gasteiger partial charge in [-0.1, -0.05) is 19.1 Å². The first-order valence-corrected chi connectivity index (χ1v) is 13.7. The van der Waals surface area contributed by atoms with E-state index in [1.807, 2.05) is 6.08 Å². The molecule has 0 bridgehead atoms. The fourth-order valence-electron chi connectivity index (χ4n) is 5.30. The van der Waals surface area contributed by atoms with Gasteiger partial charge in [0.15, 0.2) is 5.78 Å². The topological polar surface area (TPSA) is 187 Å². The largest absolute Gasteiger partial charge is 0.423 e. The molecular formula is C31H24N4O10. The number of Topliss-reactive ketones (excluding diaryl/α,β-unsaturated/α-hetero) is 1. The SMILES string of the molecule is C[C@@H]1C=CC[C@@H]2C(=O)N(N(CC(=O)c3ccc(OC(=O)c4ccc([N+](=O)[O-])cc4)cc3)C(=O)c3ccc([N+](=O)[O-])cc3)C(=O)[C@@H]12. The van der Waals surface area contributed by atoms with E-state index >= 15 is 0 Å². The third-order valence-corrected chi connectivity index (χ3v) is 7.64. The van der Waals surface area contributed by atoms with Crippen molar-refractivity contribution in [3.05, 3.63) is 122 Å². The molecule has 0 N–H and O–H groups in total. The number of ketones is 1. The van der Waals surface area contributed by atoms with Gasteiger partial charge < -0.3 is 4.74 Å². The molecule has 1 aliphatic heterocycles. The fraction of sp³-hybridized carbons (Fsp3) is 0.194. The first-order chi connectivity index (χ1) is 21.5. The summed E-state index contributed by atoms with van der Waals surface area (Å²) < 4.78 is 5.28. The highest BCUT2D eigenvalue weighted by atomic mass is 16.6. The van der Waals surface area contributed by atoms with Crippen molar-refractivity contribution in [2.75, 3.05) is 6.54 Å². The number of nitrogens with zero attached hydrogens (tertiary/aromatic N) is 4. The summed E-state index contributed by atoms with van der Waals surface area (Å²) >= 11 is 0. The normalized spacial score (nSPS) is 18.7. The van der Waals surface area contributed by atoms with Crippen molar-refractivity contribution >= 4 is 40.8 Å². The lowest BCUT2D eigenvalue weighted by molar-refractivity contribution is -0.385. The number of hydrogen-bond donors (Lipinski definition) is 0. The Morgan fingerprint density at radius 1 is 0.822 bits per heavy atom. The number of non-ortho nitro benzene ring substituents is 2. The molecule has 1 fully saturated rings. The molecule has 45 heavy (non-hydrogen) atoms. The van der Waals surface area contributed by atoms with Crippen molar-refractivity contribution in [3.63, 3.8) is 0 Å². The molecule has 2 aliphatic rings. The third kappa shape index (κ3) is 6.06. The summed E-state index contributed by atoms with van der Waals surface area (Å²) in [4.78, 5) is 87.2. The summed E-state index contributed by atoms with van der Waals surface area (Å²) in [6.07, 6.45) is 3.91. The van der Waals surface area contributed by atoms with Gasteiger partial charge in [0.25, 0.3) is 29.1 Å². The first kappa shape index (κ1) is 30.4. The molecule has 1 heterocycles. The van der Waals surface area contributed by atoms with E-state index in [1.165, 1.54) is 48.5 Å². The van der Waals surface area contributed by atoms with E-state index in [2.05, 4.69) is 0 Å². The van der Waals surface area contributed by atoms with Gasteiger partial charge in [-0.05, 0) is 60.9 Å². The highest BCUT2D eigenvalue weighted by Gasteiger charge is 2.53. The van der Waals surface area contributed by atoms with E-state index < -0.39 is 57.7 Å². The molecule has 3 amide bonds. The van der Waals surface area contributed by atoms with Crippen LogP contribution in [0.1, 0.15) is 44.4 Å². The van der Waals surface area contributed by atoms with Gasteiger partial charge in [-0.3, -0.25) is 39.4 Å². The molecule has 3 aromatic rings.